The summed E-state index contributed by atoms with van der Waals surface area (Å²) < 4.78 is 15.9. The highest BCUT2D eigenvalue weighted by atomic mass is 127. The van der Waals surface area contributed by atoms with Crippen molar-refractivity contribution < 1.29 is 28.6 Å². The lowest BCUT2D eigenvalue weighted by Gasteiger charge is -2.24. The van der Waals surface area contributed by atoms with Gasteiger partial charge in [-0.05, 0) is 20.8 Å². The number of ether oxygens (including phenoxy) is 3. The number of rotatable bonds is 6. The second-order valence-electron chi connectivity index (χ2n) is 6.10. The Labute approximate surface area is 149 Å². The van der Waals surface area contributed by atoms with Crippen LogP contribution in [0.15, 0.2) is 12.7 Å². The van der Waals surface area contributed by atoms with Gasteiger partial charge in [0.1, 0.15) is 24.4 Å². The smallest absolute Gasteiger partial charge is 0.408 e. The number of carbonyl (C=O) groups is 3. The maximum absolute atomic E-state index is 12.2. The number of hydrogen-bond acceptors (Lipinski definition) is 6. The summed E-state index contributed by atoms with van der Waals surface area (Å²) in [4.78, 5) is 36.1. The Morgan fingerprint density at radius 3 is 2.65 bits per heavy atom. The molecule has 1 N–H and O–H groups in total. The Morgan fingerprint density at radius 2 is 2.17 bits per heavy atom. The van der Waals surface area contributed by atoms with Crippen LogP contribution in [0.5, 0.6) is 0 Å². The van der Waals surface area contributed by atoms with Crippen LogP contribution in [0, 0.1) is 5.92 Å². The second-order valence-corrected chi connectivity index (χ2v) is 6.98. The van der Waals surface area contributed by atoms with Gasteiger partial charge in [-0.2, -0.15) is 0 Å². The van der Waals surface area contributed by atoms with Crippen LogP contribution in [0.2, 0.25) is 0 Å². The molecule has 0 aromatic carbocycles. The zero-order valence-electron chi connectivity index (χ0n) is 13.5. The number of alkyl halides is 1. The van der Waals surface area contributed by atoms with Gasteiger partial charge in [0.25, 0.3) is 0 Å². The van der Waals surface area contributed by atoms with Gasteiger partial charge in [-0.3, -0.25) is 4.79 Å². The van der Waals surface area contributed by atoms with E-state index in [1.165, 1.54) is 6.08 Å². The van der Waals surface area contributed by atoms with Crippen molar-refractivity contribution in [1.82, 2.24) is 5.32 Å². The van der Waals surface area contributed by atoms with Crippen molar-refractivity contribution in [2.24, 2.45) is 5.92 Å². The summed E-state index contributed by atoms with van der Waals surface area (Å²) in [7, 11) is 0. The lowest BCUT2D eigenvalue weighted by Crippen LogP contribution is -2.49. The van der Waals surface area contributed by atoms with E-state index in [1.807, 2.05) is 0 Å². The third-order valence-corrected chi connectivity index (χ3v) is 3.93. The van der Waals surface area contributed by atoms with Crippen LogP contribution in [0.25, 0.3) is 0 Å². The maximum atomic E-state index is 12.2. The van der Waals surface area contributed by atoms with Gasteiger partial charge in [-0.25, -0.2) is 9.59 Å². The van der Waals surface area contributed by atoms with Crippen molar-refractivity contribution >= 4 is 40.6 Å². The van der Waals surface area contributed by atoms with E-state index in [0.717, 1.165) is 0 Å². The molecule has 0 radical (unpaired) electrons. The second kappa shape index (κ2) is 8.51. The van der Waals surface area contributed by atoms with Gasteiger partial charge in [0.2, 0.25) is 0 Å². The van der Waals surface area contributed by atoms with Crippen LogP contribution >= 0.6 is 22.6 Å². The van der Waals surface area contributed by atoms with Gasteiger partial charge in [-0.1, -0.05) is 35.2 Å². The summed E-state index contributed by atoms with van der Waals surface area (Å²) >= 11 is 2.10. The van der Waals surface area contributed by atoms with Gasteiger partial charge in [0, 0.05) is 10.8 Å². The minimum atomic E-state index is -1.15. The molecule has 1 aliphatic rings. The minimum Gasteiger partial charge on any atom is -0.461 e. The first-order valence-electron chi connectivity index (χ1n) is 7.21. The SMILES string of the molecule is C=CCOC(=O)C(NC(=O)OC(C)(C)C)C1CC(CI)OC1=O. The predicted octanol–water partition coefficient (Wildman–Crippen LogP) is 1.98. The van der Waals surface area contributed by atoms with E-state index < -0.39 is 35.6 Å². The van der Waals surface area contributed by atoms with E-state index in [9.17, 15) is 14.4 Å². The molecule has 0 aliphatic carbocycles. The molecule has 3 atom stereocenters. The van der Waals surface area contributed by atoms with Crippen molar-refractivity contribution in [2.45, 2.75) is 44.9 Å². The summed E-state index contributed by atoms with van der Waals surface area (Å²) in [5, 5.41) is 2.43. The number of carbonyl (C=O) groups excluding carboxylic acids is 3. The van der Waals surface area contributed by atoms with E-state index in [2.05, 4.69) is 34.5 Å². The number of amides is 1. The summed E-state index contributed by atoms with van der Waals surface area (Å²) in [6.07, 6.45) is 0.682. The highest BCUT2D eigenvalue weighted by Crippen LogP contribution is 2.26. The van der Waals surface area contributed by atoms with E-state index in [1.54, 1.807) is 20.8 Å². The molecule has 1 amide bonds. The van der Waals surface area contributed by atoms with Crippen LogP contribution in [0.1, 0.15) is 27.2 Å². The standard InChI is InChI=1S/C15H22INO6/c1-5-6-21-13(19)11(17-14(20)23-15(2,3)4)10-7-9(8-16)22-12(10)18/h5,9-11H,1,6-8H2,2-4H3,(H,17,20). The van der Waals surface area contributed by atoms with Crippen molar-refractivity contribution in [1.29, 1.82) is 0 Å². The predicted molar refractivity (Wildman–Crippen MR) is 91.2 cm³/mol. The molecule has 130 valence electrons. The molecular weight excluding hydrogens is 417 g/mol. The summed E-state index contributed by atoms with van der Waals surface area (Å²) in [6, 6.07) is -1.15. The number of halogens is 1. The van der Waals surface area contributed by atoms with Crippen LogP contribution in [-0.4, -0.2) is 46.8 Å². The summed E-state index contributed by atoms with van der Waals surface area (Å²) in [5.41, 5.74) is -0.722. The van der Waals surface area contributed by atoms with E-state index >= 15 is 0 Å². The van der Waals surface area contributed by atoms with E-state index in [4.69, 9.17) is 14.2 Å². The molecule has 0 saturated carbocycles. The first kappa shape index (κ1) is 19.7. The third-order valence-electron chi connectivity index (χ3n) is 2.95. The number of hydrogen-bond donors (Lipinski definition) is 1. The van der Waals surface area contributed by atoms with Gasteiger partial charge in [-0.15, -0.1) is 0 Å². The molecule has 3 unspecified atom stereocenters. The van der Waals surface area contributed by atoms with Gasteiger partial charge in [0.05, 0.1) is 5.92 Å². The Balaban J connectivity index is 2.85. The molecule has 0 bridgehead atoms. The average molecular weight is 439 g/mol. The van der Waals surface area contributed by atoms with Crippen LogP contribution in [0.4, 0.5) is 4.79 Å². The minimum absolute atomic E-state index is 0.0111. The quantitative estimate of drug-likeness (QED) is 0.224. The fourth-order valence-electron chi connectivity index (χ4n) is 2.04. The molecule has 1 heterocycles. The van der Waals surface area contributed by atoms with Gasteiger partial charge >= 0.3 is 18.0 Å². The molecule has 0 aromatic rings. The lowest BCUT2D eigenvalue weighted by atomic mass is 9.96. The number of cyclic esters (lactones) is 1. The summed E-state index contributed by atoms with van der Waals surface area (Å²) in [6.45, 7) is 8.55. The van der Waals surface area contributed by atoms with E-state index in [0.29, 0.717) is 10.8 Å². The van der Waals surface area contributed by atoms with Crippen molar-refractivity contribution in [3.63, 3.8) is 0 Å². The van der Waals surface area contributed by atoms with Crippen molar-refractivity contribution in [3.8, 4) is 0 Å². The van der Waals surface area contributed by atoms with Crippen LogP contribution < -0.4 is 5.32 Å². The van der Waals surface area contributed by atoms with Crippen LogP contribution in [-0.2, 0) is 23.8 Å². The van der Waals surface area contributed by atoms with Crippen molar-refractivity contribution in [3.05, 3.63) is 12.7 Å². The summed E-state index contributed by atoms with van der Waals surface area (Å²) in [5.74, 6) is -2.03. The molecule has 8 heteroatoms. The zero-order chi connectivity index (χ0) is 17.6. The monoisotopic (exact) mass is 439 g/mol. The number of alkyl carbamates (subject to hydrolysis) is 1. The van der Waals surface area contributed by atoms with Gasteiger partial charge in [0.15, 0.2) is 0 Å². The van der Waals surface area contributed by atoms with E-state index in [-0.39, 0.29) is 12.7 Å². The Bertz CT molecular complexity index is 473. The van der Waals surface area contributed by atoms with Crippen molar-refractivity contribution in [2.75, 3.05) is 11.0 Å². The fourth-order valence-corrected chi connectivity index (χ4v) is 2.57. The molecule has 1 fully saturated rings. The number of nitrogens with one attached hydrogen (secondary N) is 1. The van der Waals surface area contributed by atoms with Gasteiger partial charge < -0.3 is 19.5 Å². The third kappa shape index (κ3) is 6.36. The fraction of sp³-hybridized carbons (Fsp3) is 0.667. The molecule has 23 heavy (non-hydrogen) atoms. The average Bonchev–Trinajstić information content (AvgIpc) is 2.81. The highest BCUT2D eigenvalue weighted by Gasteiger charge is 2.44. The Hall–Kier alpha value is -1.32. The normalized spacial score (nSPS) is 22.0. The maximum Gasteiger partial charge on any atom is 0.408 e. The van der Waals surface area contributed by atoms with Crippen LogP contribution in [0.3, 0.4) is 0 Å². The molecular formula is C15H22INO6. The molecule has 0 spiro atoms. The zero-order valence-corrected chi connectivity index (χ0v) is 15.6. The molecule has 0 aromatic heterocycles. The number of esters is 2. The Kier molecular flexibility index (Phi) is 7.30. The molecule has 1 aliphatic heterocycles. The topological polar surface area (TPSA) is 90.9 Å². The molecule has 1 saturated heterocycles. The molecule has 1 rings (SSSR count). The lowest BCUT2D eigenvalue weighted by molar-refractivity contribution is -0.152. The first-order valence-corrected chi connectivity index (χ1v) is 8.74. The highest BCUT2D eigenvalue weighted by molar-refractivity contribution is 14.1. The molecule has 7 nitrogen and oxygen atoms in total. The largest absolute Gasteiger partial charge is 0.461 e. The first-order chi connectivity index (χ1) is 10.7. The Morgan fingerprint density at radius 1 is 1.52 bits per heavy atom.